The molecule has 2 atom stereocenters. The Labute approximate surface area is 184 Å². The predicted octanol–water partition coefficient (Wildman–Crippen LogP) is 4.89. The topological polar surface area (TPSA) is 77.2 Å². The van der Waals surface area contributed by atoms with Gasteiger partial charge in [-0.25, -0.2) is 9.97 Å². The van der Waals surface area contributed by atoms with Gasteiger partial charge in [-0.3, -0.25) is 0 Å². The first-order valence-corrected chi connectivity index (χ1v) is 11.5. The van der Waals surface area contributed by atoms with Crippen molar-refractivity contribution in [2.45, 2.75) is 44.2 Å². The summed E-state index contributed by atoms with van der Waals surface area (Å²) in [5.41, 5.74) is 2.34. The Morgan fingerprint density at radius 2 is 1.97 bits per heavy atom. The van der Waals surface area contributed by atoms with Crippen LogP contribution in [0.3, 0.4) is 0 Å². The quantitative estimate of drug-likeness (QED) is 0.443. The van der Waals surface area contributed by atoms with Crippen molar-refractivity contribution in [3.63, 3.8) is 0 Å². The van der Waals surface area contributed by atoms with Crippen molar-refractivity contribution in [2.75, 3.05) is 18.6 Å². The summed E-state index contributed by atoms with van der Waals surface area (Å²) in [6, 6.07) is 10.4. The van der Waals surface area contributed by atoms with Crippen LogP contribution in [0, 0.1) is 6.92 Å². The van der Waals surface area contributed by atoms with Gasteiger partial charge in [0.1, 0.15) is 22.5 Å². The fourth-order valence-electron chi connectivity index (χ4n) is 4.39. The Hall–Kier alpha value is -2.84. The van der Waals surface area contributed by atoms with E-state index in [4.69, 9.17) is 19.2 Å². The Morgan fingerprint density at radius 1 is 1.13 bits per heavy atom. The number of anilines is 1. The van der Waals surface area contributed by atoms with Crippen molar-refractivity contribution in [3.8, 4) is 11.1 Å². The van der Waals surface area contributed by atoms with Crippen LogP contribution in [-0.2, 0) is 4.74 Å². The molecule has 7 nitrogen and oxygen atoms in total. The molecule has 1 saturated carbocycles. The molecule has 0 N–H and O–H groups in total. The first kappa shape index (κ1) is 18.9. The van der Waals surface area contributed by atoms with E-state index in [1.807, 2.05) is 13.0 Å². The molecule has 0 spiro atoms. The number of benzene rings is 1. The average molecular weight is 434 g/mol. The first-order valence-electron chi connectivity index (χ1n) is 10.7. The SMILES string of the molecule is COC1CC(c2nc(C)no2)N(c2nc(C3CC3)nc3scc(-c4ccccc4)c23)C1. The average Bonchev–Trinajstić information content (AvgIpc) is 3.20. The minimum atomic E-state index is -0.0696. The normalized spacial score (nSPS) is 21.3. The zero-order chi connectivity index (χ0) is 20.9. The molecule has 0 bridgehead atoms. The van der Waals surface area contributed by atoms with Crippen LogP contribution in [0.1, 0.15) is 48.8 Å². The molecule has 2 aliphatic rings. The van der Waals surface area contributed by atoms with E-state index >= 15 is 0 Å². The van der Waals surface area contributed by atoms with Gasteiger partial charge in [0.2, 0.25) is 5.89 Å². The van der Waals surface area contributed by atoms with Crippen LogP contribution in [0.5, 0.6) is 0 Å². The van der Waals surface area contributed by atoms with Crippen LogP contribution >= 0.6 is 11.3 Å². The molecule has 2 fully saturated rings. The number of thiophene rings is 1. The number of aryl methyl sites for hydroxylation is 1. The number of hydrogen-bond donors (Lipinski definition) is 0. The van der Waals surface area contributed by atoms with E-state index in [9.17, 15) is 0 Å². The molecule has 6 rings (SSSR count). The molecular formula is C23H23N5O2S. The monoisotopic (exact) mass is 433 g/mol. The highest BCUT2D eigenvalue weighted by Gasteiger charge is 2.40. The second kappa shape index (κ2) is 7.39. The fraction of sp³-hybridized carbons (Fsp3) is 0.391. The van der Waals surface area contributed by atoms with Crippen molar-refractivity contribution in [1.82, 2.24) is 20.1 Å². The Balaban J connectivity index is 1.55. The van der Waals surface area contributed by atoms with E-state index < -0.39 is 0 Å². The summed E-state index contributed by atoms with van der Waals surface area (Å²) < 4.78 is 11.3. The van der Waals surface area contributed by atoms with Gasteiger partial charge in [-0.2, -0.15) is 4.98 Å². The smallest absolute Gasteiger partial charge is 0.249 e. The summed E-state index contributed by atoms with van der Waals surface area (Å²) in [7, 11) is 1.76. The van der Waals surface area contributed by atoms with E-state index in [-0.39, 0.29) is 12.1 Å². The van der Waals surface area contributed by atoms with Crippen LogP contribution in [0.4, 0.5) is 5.82 Å². The zero-order valence-electron chi connectivity index (χ0n) is 17.5. The first-order chi connectivity index (χ1) is 15.2. The van der Waals surface area contributed by atoms with Gasteiger partial charge >= 0.3 is 0 Å². The van der Waals surface area contributed by atoms with Crippen molar-refractivity contribution in [2.24, 2.45) is 0 Å². The maximum Gasteiger partial charge on any atom is 0.249 e. The van der Waals surface area contributed by atoms with Crippen molar-refractivity contribution < 1.29 is 9.26 Å². The second-order valence-electron chi connectivity index (χ2n) is 8.32. The van der Waals surface area contributed by atoms with E-state index in [1.54, 1.807) is 18.4 Å². The third kappa shape index (κ3) is 3.30. The van der Waals surface area contributed by atoms with E-state index in [1.165, 1.54) is 11.1 Å². The lowest BCUT2D eigenvalue weighted by molar-refractivity contribution is 0.117. The summed E-state index contributed by atoms with van der Waals surface area (Å²) in [5, 5.41) is 7.32. The summed E-state index contributed by atoms with van der Waals surface area (Å²) in [6.07, 6.45) is 3.18. The molecule has 4 heterocycles. The van der Waals surface area contributed by atoms with Gasteiger partial charge in [0.15, 0.2) is 5.82 Å². The van der Waals surface area contributed by atoms with Gasteiger partial charge in [0.05, 0.1) is 11.5 Å². The Kier molecular flexibility index (Phi) is 4.50. The molecule has 8 heteroatoms. The minimum absolute atomic E-state index is 0.0696. The Morgan fingerprint density at radius 3 is 2.68 bits per heavy atom. The fourth-order valence-corrected chi connectivity index (χ4v) is 5.34. The maximum absolute atomic E-state index is 5.75. The standard InChI is InChI=1S/C23H23N5O2S/c1-13-24-22(30-27-13)18-10-16(29-2)11-28(18)21-19-17(14-6-4-3-5-7-14)12-31-23(19)26-20(25-21)15-8-9-15/h3-7,12,15-16,18H,8-11H2,1-2H3. The van der Waals surface area contributed by atoms with Crippen molar-refractivity contribution in [1.29, 1.82) is 0 Å². The summed E-state index contributed by atoms with van der Waals surface area (Å²) >= 11 is 1.69. The van der Waals surface area contributed by atoms with Gasteiger partial charge in [0, 0.05) is 36.9 Å². The van der Waals surface area contributed by atoms with Gasteiger partial charge in [-0.05, 0) is 25.3 Å². The molecule has 1 aliphatic heterocycles. The number of nitrogens with zero attached hydrogens (tertiary/aromatic N) is 5. The Bertz CT molecular complexity index is 1230. The molecule has 158 valence electrons. The molecule has 0 amide bonds. The molecule has 1 saturated heterocycles. The van der Waals surface area contributed by atoms with Crippen LogP contribution in [-0.4, -0.2) is 39.9 Å². The predicted molar refractivity (Wildman–Crippen MR) is 119 cm³/mol. The van der Waals surface area contributed by atoms with Gasteiger partial charge in [0.25, 0.3) is 0 Å². The van der Waals surface area contributed by atoms with Crippen LogP contribution in [0.2, 0.25) is 0 Å². The lowest BCUT2D eigenvalue weighted by Gasteiger charge is -2.24. The number of rotatable bonds is 5. The number of aromatic nitrogens is 4. The molecule has 1 aliphatic carbocycles. The summed E-state index contributed by atoms with van der Waals surface area (Å²) in [6.45, 7) is 2.57. The van der Waals surface area contributed by atoms with E-state index in [0.717, 1.165) is 47.7 Å². The second-order valence-corrected chi connectivity index (χ2v) is 9.17. The highest BCUT2D eigenvalue weighted by Crippen LogP contribution is 2.46. The van der Waals surface area contributed by atoms with Gasteiger partial charge in [-0.1, -0.05) is 35.5 Å². The summed E-state index contributed by atoms with van der Waals surface area (Å²) in [5.74, 6) is 3.63. The zero-order valence-corrected chi connectivity index (χ0v) is 18.3. The van der Waals surface area contributed by atoms with Crippen LogP contribution in [0.25, 0.3) is 21.3 Å². The highest BCUT2D eigenvalue weighted by atomic mass is 32.1. The molecule has 1 aromatic carbocycles. The number of fused-ring (bicyclic) bond motifs is 1. The van der Waals surface area contributed by atoms with E-state index in [2.05, 4.69) is 44.7 Å². The highest BCUT2D eigenvalue weighted by molar-refractivity contribution is 7.17. The maximum atomic E-state index is 5.75. The largest absolute Gasteiger partial charge is 0.380 e. The van der Waals surface area contributed by atoms with Gasteiger partial charge in [-0.15, -0.1) is 11.3 Å². The van der Waals surface area contributed by atoms with Crippen molar-refractivity contribution >= 4 is 27.4 Å². The van der Waals surface area contributed by atoms with Gasteiger partial charge < -0.3 is 14.2 Å². The summed E-state index contributed by atoms with van der Waals surface area (Å²) in [4.78, 5) is 17.9. The van der Waals surface area contributed by atoms with Crippen molar-refractivity contribution in [3.05, 3.63) is 53.3 Å². The minimum Gasteiger partial charge on any atom is -0.380 e. The lowest BCUT2D eigenvalue weighted by atomic mass is 10.1. The molecule has 3 aromatic heterocycles. The molecule has 0 radical (unpaired) electrons. The third-order valence-corrected chi connectivity index (χ3v) is 7.03. The lowest BCUT2D eigenvalue weighted by Crippen LogP contribution is -2.26. The molecule has 4 aromatic rings. The number of hydrogen-bond acceptors (Lipinski definition) is 8. The molecule has 31 heavy (non-hydrogen) atoms. The molecular weight excluding hydrogens is 410 g/mol. The van der Waals surface area contributed by atoms with E-state index in [0.29, 0.717) is 17.6 Å². The van der Waals surface area contributed by atoms with Crippen LogP contribution in [0.15, 0.2) is 40.2 Å². The third-order valence-electron chi connectivity index (χ3n) is 6.16. The number of ether oxygens (including phenoxy) is 1. The number of methoxy groups -OCH3 is 1. The molecule has 2 unspecified atom stereocenters. The van der Waals surface area contributed by atoms with Crippen LogP contribution < -0.4 is 4.90 Å².